The molecule has 1 amide bonds. The van der Waals surface area contributed by atoms with Crippen LogP contribution >= 0.6 is 0 Å². The van der Waals surface area contributed by atoms with Crippen LogP contribution in [0.3, 0.4) is 0 Å². The van der Waals surface area contributed by atoms with Gasteiger partial charge in [0.1, 0.15) is 11.5 Å². The zero-order valence-corrected chi connectivity index (χ0v) is 15.6. The van der Waals surface area contributed by atoms with Crippen LogP contribution in [0.15, 0.2) is 42.5 Å². The van der Waals surface area contributed by atoms with Gasteiger partial charge in [-0.25, -0.2) is 0 Å². The molecule has 1 heterocycles. The third kappa shape index (κ3) is 4.35. The molecular formula is C21H26N2O3. The van der Waals surface area contributed by atoms with Crippen molar-refractivity contribution >= 4 is 11.6 Å². The first-order valence-corrected chi connectivity index (χ1v) is 8.92. The summed E-state index contributed by atoms with van der Waals surface area (Å²) in [6, 6.07) is 14.3. The summed E-state index contributed by atoms with van der Waals surface area (Å²) in [5, 5.41) is 2.96. The Bertz CT molecular complexity index is 736. The van der Waals surface area contributed by atoms with Crippen LogP contribution in [0.2, 0.25) is 0 Å². The molecule has 3 rings (SSSR count). The number of nitrogens with zero attached hydrogens (tertiary/aromatic N) is 1. The second-order valence-corrected chi connectivity index (χ2v) is 6.69. The van der Waals surface area contributed by atoms with Crippen molar-refractivity contribution in [3.63, 3.8) is 0 Å². The van der Waals surface area contributed by atoms with Crippen LogP contribution in [-0.4, -0.2) is 38.1 Å². The summed E-state index contributed by atoms with van der Waals surface area (Å²) in [5.41, 5.74) is 3.21. The smallest absolute Gasteiger partial charge is 0.238 e. The van der Waals surface area contributed by atoms with E-state index in [0.717, 1.165) is 19.4 Å². The fraction of sp³-hybridized carbons (Fsp3) is 0.381. The SMILES string of the molecule is COc1cc(NC(=O)CN2CCCC2c2ccc(C)cc2)cc(OC)c1. The molecule has 2 aromatic carbocycles. The van der Waals surface area contributed by atoms with E-state index < -0.39 is 0 Å². The minimum Gasteiger partial charge on any atom is -0.497 e. The molecule has 0 aromatic heterocycles. The van der Waals surface area contributed by atoms with Crippen LogP contribution in [0.5, 0.6) is 11.5 Å². The van der Waals surface area contributed by atoms with Crippen molar-refractivity contribution < 1.29 is 14.3 Å². The number of carbonyl (C=O) groups is 1. The number of carbonyl (C=O) groups excluding carboxylic acids is 1. The molecule has 1 aliphatic rings. The Morgan fingerprint density at radius 2 is 1.77 bits per heavy atom. The van der Waals surface area contributed by atoms with Gasteiger partial charge in [-0.15, -0.1) is 0 Å². The Balaban J connectivity index is 1.66. The van der Waals surface area contributed by atoms with Gasteiger partial charge in [0.2, 0.25) is 5.91 Å². The zero-order valence-electron chi connectivity index (χ0n) is 15.6. The van der Waals surface area contributed by atoms with E-state index in [1.54, 1.807) is 32.4 Å². The number of anilines is 1. The highest BCUT2D eigenvalue weighted by Crippen LogP contribution is 2.32. The summed E-state index contributed by atoms with van der Waals surface area (Å²) >= 11 is 0. The largest absolute Gasteiger partial charge is 0.497 e. The average Bonchev–Trinajstić information content (AvgIpc) is 3.09. The lowest BCUT2D eigenvalue weighted by atomic mass is 10.0. The molecule has 1 saturated heterocycles. The number of ether oxygens (including phenoxy) is 2. The van der Waals surface area contributed by atoms with Crippen molar-refractivity contribution in [1.29, 1.82) is 0 Å². The molecule has 26 heavy (non-hydrogen) atoms. The highest BCUT2D eigenvalue weighted by Gasteiger charge is 2.27. The van der Waals surface area contributed by atoms with E-state index >= 15 is 0 Å². The number of likely N-dealkylation sites (tertiary alicyclic amines) is 1. The van der Waals surface area contributed by atoms with Crippen molar-refractivity contribution in [3.8, 4) is 11.5 Å². The maximum absolute atomic E-state index is 12.6. The maximum Gasteiger partial charge on any atom is 0.238 e. The molecule has 0 bridgehead atoms. The fourth-order valence-corrected chi connectivity index (χ4v) is 3.45. The first kappa shape index (κ1) is 18.3. The van der Waals surface area contributed by atoms with E-state index in [1.807, 2.05) is 0 Å². The number of amides is 1. The molecule has 0 aliphatic carbocycles. The van der Waals surface area contributed by atoms with E-state index in [0.29, 0.717) is 29.8 Å². The lowest BCUT2D eigenvalue weighted by Gasteiger charge is -2.24. The second-order valence-electron chi connectivity index (χ2n) is 6.69. The van der Waals surface area contributed by atoms with Gasteiger partial charge in [-0.1, -0.05) is 29.8 Å². The van der Waals surface area contributed by atoms with Crippen LogP contribution in [0.1, 0.15) is 30.0 Å². The van der Waals surface area contributed by atoms with Crippen LogP contribution < -0.4 is 14.8 Å². The van der Waals surface area contributed by atoms with Crippen molar-refractivity contribution in [2.45, 2.75) is 25.8 Å². The lowest BCUT2D eigenvalue weighted by Crippen LogP contribution is -2.32. The van der Waals surface area contributed by atoms with Gasteiger partial charge in [0.05, 0.1) is 20.8 Å². The van der Waals surface area contributed by atoms with Crippen molar-refractivity contribution in [2.24, 2.45) is 0 Å². The molecule has 5 heteroatoms. The fourth-order valence-electron chi connectivity index (χ4n) is 3.45. The summed E-state index contributed by atoms with van der Waals surface area (Å²) in [5.74, 6) is 1.27. The zero-order chi connectivity index (χ0) is 18.5. The van der Waals surface area contributed by atoms with Gasteiger partial charge in [0, 0.05) is 29.9 Å². The standard InChI is InChI=1S/C21H26N2O3/c1-15-6-8-16(9-7-15)20-5-4-10-23(20)14-21(24)22-17-11-18(25-2)13-19(12-17)26-3/h6-9,11-13,20H,4-5,10,14H2,1-3H3,(H,22,24). The molecule has 0 spiro atoms. The van der Waals surface area contributed by atoms with E-state index in [4.69, 9.17) is 9.47 Å². The third-order valence-electron chi connectivity index (χ3n) is 4.81. The minimum absolute atomic E-state index is 0.0284. The second kappa shape index (κ2) is 8.23. The molecule has 1 atom stereocenters. The van der Waals surface area contributed by atoms with Gasteiger partial charge in [-0.3, -0.25) is 9.69 Å². The molecule has 0 radical (unpaired) electrons. The number of nitrogens with one attached hydrogen (secondary N) is 1. The number of methoxy groups -OCH3 is 2. The summed E-state index contributed by atoms with van der Waals surface area (Å²) in [7, 11) is 3.19. The van der Waals surface area contributed by atoms with Gasteiger partial charge < -0.3 is 14.8 Å². The topological polar surface area (TPSA) is 50.8 Å². The van der Waals surface area contributed by atoms with Crippen LogP contribution in [-0.2, 0) is 4.79 Å². The summed E-state index contributed by atoms with van der Waals surface area (Å²) in [6.07, 6.45) is 2.20. The van der Waals surface area contributed by atoms with Gasteiger partial charge in [-0.2, -0.15) is 0 Å². The van der Waals surface area contributed by atoms with E-state index in [9.17, 15) is 4.79 Å². The molecular weight excluding hydrogens is 328 g/mol. The number of hydrogen-bond donors (Lipinski definition) is 1. The van der Waals surface area contributed by atoms with Gasteiger partial charge >= 0.3 is 0 Å². The molecule has 5 nitrogen and oxygen atoms in total. The predicted octanol–water partition coefficient (Wildman–Crippen LogP) is 3.79. The highest BCUT2D eigenvalue weighted by molar-refractivity contribution is 5.92. The Morgan fingerprint density at radius 1 is 1.12 bits per heavy atom. The van der Waals surface area contributed by atoms with Crippen molar-refractivity contribution in [2.75, 3.05) is 32.6 Å². The Hall–Kier alpha value is -2.53. The molecule has 0 saturated carbocycles. The normalized spacial score (nSPS) is 17.1. The minimum atomic E-state index is -0.0284. The number of aryl methyl sites for hydroxylation is 1. The van der Waals surface area contributed by atoms with Crippen LogP contribution in [0.25, 0.3) is 0 Å². The van der Waals surface area contributed by atoms with E-state index in [-0.39, 0.29) is 5.91 Å². The summed E-state index contributed by atoms with van der Waals surface area (Å²) in [6.45, 7) is 3.40. The Morgan fingerprint density at radius 3 is 2.38 bits per heavy atom. The van der Waals surface area contributed by atoms with Gasteiger partial charge in [0.25, 0.3) is 0 Å². The monoisotopic (exact) mass is 354 g/mol. The average molecular weight is 354 g/mol. The van der Waals surface area contributed by atoms with Crippen LogP contribution in [0, 0.1) is 6.92 Å². The van der Waals surface area contributed by atoms with E-state index in [1.165, 1.54) is 11.1 Å². The first-order chi connectivity index (χ1) is 12.6. The van der Waals surface area contributed by atoms with Gasteiger partial charge in [-0.05, 0) is 31.9 Å². The molecule has 1 aliphatic heterocycles. The number of benzene rings is 2. The highest BCUT2D eigenvalue weighted by atomic mass is 16.5. The Labute approximate surface area is 154 Å². The number of hydrogen-bond acceptors (Lipinski definition) is 4. The molecule has 1 unspecified atom stereocenters. The molecule has 1 fully saturated rings. The molecule has 1 N–H and O–H groups in total. The van der Waals surface area contributed by atoms with Crippen molar-refractivity contribution in [3.05, 3.63) is 53.6 Å². The summed E-state index contributed by atoms with van der Waals surface area (Å²) in [4.78, 5) is 14.8. The quantitative estimate of drug-likeness (QED) is 0.857. The van der Waals surface area contributed by atoms with E-state index in [2.05, 4.69) is 41.4 Å². The first-order valence-electron chi connectivity index (χ1n) is 8.92. The maximum atomic E-state index is 12.6. The third-order valence-corrected chi connectivity index (χ3v) is 4.81. The Kier molecular flexibility index (Phi) is 5.78. The predicted molar refractivity (Wildman–Crippen MR) is 103 cm³/mol. The summed E-state index contributed by atoms with van der Waals surface area (Å²) < 4.78 is 10.5. The van der Waals surface area contributed by atoms with Crippen molar-refractivity contribution in [1.82, 2.24) is 4.90 Å². The lowest BCUT2D eigenvalue weighted by molar-refractivity contribution is -0.117. The molecule has 138 valence electrons. The van der Waals surface area contributed by atoms with Crippen LogP contribution in [0.4, 0.5) is 5.69 Å². The molecule has 2 aromatic rings. The van der Waals surface area contributed by atoms with Gasteiger partial charge in [0.15, 0.2) is 0 Å². The number of rotatable bonds is 6.